The number of aliphatic imine (C=N–C) groups is 1. The van der Waals surface area contributed by atoms with Gasteiger partial charge in [-0.2, -0.15) is 4.99 Å². The predicted molar refractivity (Wildman–Crippen MR) is 211 cm³/mol. The van der Waals surface area contributed by atoms with Gasteiger partial charge in [-0.25, -0.2) is 0 Å². The SMILES string of the molecule is C=C/C=C\C(=C/C)N1C(=O)/C(=C/c2ccc(OCc3ccc(Cl)c(Cl)c3)c(Br)c2)C(=O)N=C1SCC(=O)NC(c1ccccc1)c1ccccc1. The number of hydrogen-bond acceptors (Lipinski definition) is 5. The summed E-state index contributed by atoms with van der Waals surface area (Å²) in [5, 5.41) is 4.07. The zero-order valence-electron chi connectivity index (χ0n) is 27.4. The van der Waals surface area contributed by atoms with E-state index in [1.165, 1.54) is 11.0 Å². The summed E-state index contributed by atoms with van der Waals surface area (Å²) < 4.78 is 6.56. The van der Waals surface area contributed by atoms with Crippen molar-refractivity contribution in [1.82, 2.24) is 10.2 Å². The summed E-state index contributed by atoms with van der Waals surface area (Å²) in [6, 6.07) is 29.4. The molecule has 1 aliphatic heterocycles. The molecule has 7 nitrogen and oxygen atoms in total. The maximum Gasteiger partial charge on any atom is 0.285 e. The molecule has 0 aromatic heterocycles. The second kappa shape index (κ2) is 18.0. The van der Waals surface area contributed by atoms with Crippen LogP contribution < -0.4 is 10.1 Å². The second-order valence-electron chi connectivity index (χ2n) is 11.0. The molecule has 51 heavy (non-hydrogen) atoms. The minimum absolute atomic E-state index is 0.0855. The average molecular weight is 802 g/mol. The molecule has 0 saturated carbocycles. The number of benzene rings is 4. The Morgan fingerprint density at radius 1 is 0.980 bits per heavy atom. The van der Waals surface area contributed by atoms with Crippen molar-refractivity contribution in [2.24, 2.45) is 4.99 Å². The summed E-state index contributed by atoms with van der Waals surface area (Å²) in [5.41, 5.74) is 3.57. The van der Waals surface area contributed by atoms with Gasteiger partial charge in [-0.3, -0.25) is 19.3 Å². The molecular formula is C40H32BrCl2N3O4S. The first kappa shape index (κ1) is 37.6. The molecule has 0 bridgehead atoms. The molecule has 5 rings (SSSR count). The minimum Gasteiger partial charge on any atom is -0.488 e. The lowest BCUT2D eigenvalue weighted by Crippen LogP contribution is -2.42. The van der Waals surface area contributed by atoms with Crippen LogP contribution in [-0.4, -0.2) is 33.5 Å². The third kappa shape index (κ3) is 9.77. The zero-order chi connectivity index (χ0) is 36.3. The number of halogens is 3. The van der Waals surface area contributed by atoms with Crippen LogP contribution in [0.3, 0.4) is 0 Å². The van der Waals surface area contributed by atoms with Crippen LogP contribution in [-0.2, 0) is 21.0 Å². The van der Waals surface area contributed by atoms with Crippen molar-refractivity contribution < 1.29 is 19.1 Å². The Balaban J connectivity index is 1.36. The van der Waals surface area contributed by atoms with E-state index in [0.717, 1.165) is 28.5 Å². The standard InChI is InChI=1S/C40H32BrCl2N3O4S/c1-3-5-16-30(4-2)46-39(49)31(21-26-18-20-35(32(41)22-26)50-24-27-17-19-33(42)34(43)23-27)38(48)45-40(46)51-25-36(47)44-37(28-12-8-6-9-13-28)29-14-10-7-11-15-29/h3-23,37H,1,24-25H2,2H3,(H,44,47)/b16-5-,30-4+,31-21+. The molecule has 1 aliphatic rings. The number of hydrogen-bond donors (Lipinski definition) is 1. The lowest BCUT2D eigenvalue weighted by Gasteiger charge is -2.28. The van der Waals surface area contributed by atoms with Crippen molar-refractivity contribution in [1.29, 1.82) is 0 Å². The van der Waals surface area contributed by atoms with Gasteiger partial charge in [0.1, 0.15) is 17.9 Å². The van der Waals surface area contributed by atoms with Gasteiger partial charge in [0.05, 0.1) is 26.3 Å². The molecule has 0 saturated heterocycles. The Hall–Kier alpha value is -4.67. The third-order valence-corrected chi connectivity index (χ3v) is 9.86. The molecule has 0 spiro atoms. The van der Waals surface area contributed by atoms with Gasteiger partial charge in [0.25, 0.3) is 11.8 Å². The van der Waals surface area contributed by atoms with E-state index in [1.54, 1.807) is 61.6 Å². The number of thioether (sulfide) groups is 1. The summed E-state index contributed by atoms with van der Waals surface area (Å²) >= 11 is 16.7. The van der Waals surface area contributed by atoms with Gasteiger partial charge in [0.15, 0.2) is 5.17 Å². The monoisotopic (exact) mass is 799 g/mol. The summed E-state index contributed by atoms with van der Waals surface area (Å²) in [5.74, 6) is -1.14. The molecule has 0 unspecified atom stereocenters. The maximum atomic E-state index is 14.1. The molecule has 1 N–H and O–H groups in total. The van der Waals surface area contributed by atoms with Crippen molar-refractivity contribution in [2.45, 2.75) is 19.6 Å². The van der Waals surface area contributed by atoms with Gasteiger partial charge in [0, 0.05) is 5.70 Å². The molecule has 4 aromatic rings. The van der Waals surface area contributed by atoms with E-state index in [0.29, 0.717) is 31.5 Å². The second-order valence-corrected chi connectivity index (χ2v) is 13.7. The van der Waals surface area contributed by atoms with Gasteiger partial charge >= 0.3 is 0 Å². The Labute approximate surface area is 319 Å². The highest BCUT2D eigenvalue weighted by atomic mass is 79.9. The van der Waals surface area contributed by atoms with Gasteiger partial charge in [-0.05, 0) is 81.5 Å². The lowest BCUT2D eigenvalue weighted by atomic mass is 9.99. The quantitative estimate of drug-likeness (QED) is 0.0876. The highest BCUT2D eigenvalue weighted by molar-refractivity contribution is 9.10. The predicted octanol–water partition coefficient (Wildman–Crippen LogP) is 9.73. The van der Waals surface area contributed by atoms with Crippen molar-refractivity contribution in [2.75, 3.05) is 5.75 Å². The molecular weight excluding hydrogens is 769 g/mol. The number of amides is 3. The number of allylic oxidation sites excluding steroid dienone is 4. The average Bonchev–Trinajstić information content (AvgIpc) is 3.14. The number of nitrogens with one attached hydrogen (secondary N) is 1. The topological polar surface area (TPSA) is 88.1 Å². The van der Waals surface area contributed by atoms with E-state index in [2.05, 4.69) is 32.8 Å². The van der Waals surface area contributed by atoms with Crippen LogP contribution in [0.2, 0.25) is 10.0 Å². The van der Waals surface area contributed by atoms with Crippen LogP contribution in [0.5, 0.6) is 5.75 Å². The third-order valence-electron chi connectivity index (χ3n) is 7.56. The van der Waals surface area contributed by atoms with Crippen LogP contribution in [0.25, 0.3) is 6.08 Å². The molecule has 258 valence electrons. The van der Waals surface area contributed by atoms with Crippen molar-refractivity contribution in [3.8, 4) is 5.75 Å². The lowest BCUT2D eigenvalue weighted by molar-refractivity contribution is -0.126. The summed E-state index contributed by atoms with van der Waals surface area (Å²) in [7, 11) is 0. The van der Waals surface area contributed by atoms with Crippen molar-refractivity contribution >= 4 is 79.9 Å². The van der Waals surface area contributed by atoms with E-state index in [4.69, 9.17) is 27.9 Å². The summed E-state index contributed by atoms with van der Waals surface area (Å²) in [6.45, 7) is 5.74. The van der Waals surface area contributed by atoms with E-state index < -0.39 is 17.9 Å². The Morgan fingerprint density at radius 2 is 1.67 bits per heavy atom. The molecule has 3 amide bonds. The minimum atomic E-state index is -0.718. The fraction of sp³-hybridized carbons (Fsp3) is 0.100. The first-order valence-electron chi connectivity index (χ1n) is 15.7. The van der Waals surface area contributed by atoms with Crippen molar-refractivity contribution in [3.63, 3.8) is 0 Å². The molecule has 0 aliphatic carbocycles. The Bertz CT molecular complexity index is 2030. The molecule has 11 heteroatoms. The number of rotatable bonds is 12. The van der Waals surface area contributed by atoms with E-state index in [9.17, 15) is 14.4 Å². The van der Waals surface area contributed by atoms with Gasteiger partial charge in [0.2, 0.25) is 5.91 Å². The highest BCUT2D eigenvalue weighted by Crippen LogP contribution is 2.31. The molecule has 1 heterocycles. The van der Waals surface area contributed by atoms with Gasteiger partial charge in [-0.15, -0.1) is 0 Å². The molecule has 0 radical (unpaired) electrons. The molecule has 4 aromatic carbocycles. The van der Waals surface area contributed by atoms with E-state index in [-0.39, 0.29) is 29.0 Å². The Kier molecular flexibility index (Phi) is 13.3. The first-order chi connectivity index (χ1) is 24.7. The van der Waals surface area contributed by atoms with Crippen LogP contribution >= 0.6 is 50.9 Å². The fourth-order valence-corrected chi connectivity index (χ4v) is 6.71. The number of ether oxygens (including phenoxy) is 1. The largest absolute Gasteiger partial charge is 0.488 e. The highest BCUT2D eigenvalue weighted by Gasteiger charge is 2.35. The first-order valence-corrected chi connectivity index (χ1v) is 18.2. The van der Waals surface area contributed by atoms with Crippen LogP contribution in [0.4, 0.5) is 0 Å². The van der Waals surface area contributed by atoms with E-state index in [1.807, 2.05) is 66.7 Å². The number of amidine groups is 1. The van der Waals surface area contributed by atoms with Gasteiger partial charge in [-0.1, -0.05) is 133 Å². The van der Waals surface area contributed by atoms with Crippen LogP contribution in [0, 0.1) is 0 Å². The fourth-order valence-electron chi connectivity index (χ4n) is 5.07. The maximum absolute atomic E-state index is 14.1. The molecule has 0 atom stereocenters. The Morgan fingerprint density at radius 3 is 2.27 bits per heavy atom. The van der Waals surface area contributed by atoms with Crippen LogP contribution in [0.1, 0.15) is 35.2 Å². The smallest absolute Gasteiger partial charge is 0.285 e. The van der Waals surface area contributed by atoms with E-state index >= 15 is 0 Å². The van der Waals surface area contributed by atoms with Crippen molar-refractivity contribution in [3.05, 3.63) is 176 Å². The summed E-state index contributed by atoms with van der Waals surface area (Å²) in [6.07, 6.45) is 8.14. The summed E-state index contributed by atoms with van der Waals surface area (Å²) in [4.78, 5) is 46.5. The number of carbonyl (C=O) groups excluding carboxylic acids is 3. The van der Waals surface area contributed by atoms with Gasteiger partial charge < -0.3 is 10.1 Å². The normalized spacial score (nSPS) is 14.3. The number of carbonyl (C=O) groups is 3. The molecule has 0 fully saturated rings. The zero-order valence-corrected chi connectivity index (χ0v) is 31.3. The number of nitrogens with zero attached hydrogens (tertiary/aromatic N) is 2. The van der Waals surface area contributed by atoms with Crippen LogP contribution in [0.15, 0.2) is 149 Å².